The van der Waals surface area contributed by atoms with Crippen LogP contribution in [0.5, 0.6) is 0 Å². The van der Waals surface area contributed by atoms with Gasteiger partial charge in [-0.2, -0.15) is 0 Å². The molecule has 1 aromatic carbocycles. The molecule has 0 saturated carbocycles. The first kappa shape index (κ1) is 10.7. The van der Waals surface area contributed by atoms with E-state index in [9.17, 15) is 0 Å². The highest BCUT2D eigenvalue weighted by Gasteiger charge is 2.16. The highest BCUT2D eigenvalue weighted by Crippen LogP contribution is 2.33. The zero-order valence-electron chi connectivity index (χ0n) is 8.13. The number of anilines is 1. The zero-order chi connectivity index (χ0) is 11.3. The molecule has 0 aliphatic carbocycles. The SMILES string of the molecule is S=c1nc2c(Br)cc(Br)cc2c2n1CCN2. The van der Waals surface area contributed by atoms with E-state index in [0.717, 1.165) is 38.8 Å². The van der Waals surface area contributed by atoms with Crippen molar-refractivity contribution in [3.8, 4) is 0 Å². The normalized spacial score (nSPS) is 13.9. The minimum Gasteiger partial charge on any atom is -0.369 e. The summed E-state index contributed by atoms with van der Waals surface area (Å²) in [5.41, 5.74) is 0.911. The Balaban J connectivity index is 2.53. The van der Waals surface area contributed by atoms with Crippen LogP contribution in [-0.4, -0.2) is 16.1 Å². The maximum absolute atomic E-state index is 5.28. The number of nitrogens with one attached hydrogen (secondary N) is 1. The third-order valence-corrected chi connectivity index (χ3v) is 3.99. The molecule has 1 N–H and O–H groups in total. The Labute approximate surface area is 114 Å². The Hall–Kier alpha value is -0.460. The van der Waals surface area contributed by atoms with Crippen molar-refractivity contribution >= 4 is 60.8 Å². The number of benzene rings is 1. The molecule has 0 unspecified atom stereocenters. The van der Waals surface area contributed by atoms with Crippen molar-refractivity contribution in [2.75, 3.05) is 11.9 Å². The number of aromatic nitrogens is 2. The van der Waals surface area contributed by atoms with Gasteiger partial charge in [0.05, 0.1) is 5.52 Å². The summed E-state index contributed by atoms with van der Waals surface area (Å²) >= 11 is 12.3. The van der Waals surface area contributed by atoms with Crippen molar-refractivity contribution in [3.05, 3.63) is 25.8 Å². The molecule has 2 aromatic rings. The van der Waals surface area contributed by atoms with E-state index in [4.69, 9.17) is 12.2 Å². The summed E-state index contributed by atoms with van der Waals surface area (Å²) in [4.78, 5) is 4.46. The number of hydrogen-bond acceptors (Lipinski definition) is 3. The van der Waals surface area contributed by atoms with Gasteiger partial charge in [-0.3, -0.25) is 0 Å². The summed E-state index contributed by atoms with van der Waals surface area (Å²) in [6, 6.07) is 4.04. The van der Waals surface area contributed by atoms with Crippen LogP contribution in [0.25, 0.3) is 10.9 Å². The molecule has 0 fully saturated rings. The maximum atomic E-state index is 5.28. The molecule has 1 aliphatic heterocycles. The largest absolute Gasteiger partial charge is 0.369 e. The average molecular weight is 361 g/mol. The summed E-state index contributed by atoms with van der Waals surface area (Å²) in [5.74, 6) is 1.07. The van der Waals surface area contributed by atoms with E-state index in [1.807, 2.05) is 10.6 Å². The summed E-state index contributed by atoms with van der Waals surface area (Å²) in [6.07, 6.45) is 0. The summed E-state index contributed by atoms with van der Waals surface area (Å²) in [7, 11) is 0. The van der Waals surface area contributed by atoms with Crippen LogP contribution in [0, 0.1) is 4.77 Å². The van der Waals surface area contributed by atoms with Crippen LogP contribution in [-0.2, 0) is 6.54 Å². The lowest BCUT2D eigenvalue weighted by Gasteiger charge is -2.09. The lowest BCUT2D eigenvalue weighted by molar-refractivity contribution is 0.773. The number of rotatable bonds is 0. The van der Waals surface area contributed by atoms with Gasteiger partial charge < -0.3 is 9.88 Å². The molecule has 82 valence electrons. The maximum Gasteiger partial charge on any atom is 0.201 e. The van der Waals surface area contributed by atoms with Gasteiger partial charge in [-0.25, -0.2) is 4.98 Å². The van der Waals surface area contributed by atoms with Crippen molar-refractivity contribution in [3.63, 3.8) is 0 Å². The Morgan fingerprint density at radius 2 is 2.19 bits per heavy atom. The number of hydrogen-bond donors (Lipinski definition) is 1. The molecule has 0 radical (unpaired) electrons. The van der Waals surface area contributed by atoms with Crippen molar-refractivity contribution in [1.29, 1.82) is 0 Å². The van der Waals surface area contributed by atoms with Gasteiger partial charge in [0.25, 0.3) is 0 Å². The van der Waals surface area contributed by atoms with Crippen molar-refractivity contribution in [2.24, 2.45) is 0 Å². The van der Waals surface area contributed by atoms with Crippen LogP contribution in [0.4, 0.5) is 5.82 Å². The Kier molecular flexibility index (Phi) is 2.53. The lowest BCUT2D eigenvalue weighted by atomic mass is 10.2. The molecule has 6 heteroatoms. The van der Waals surface area contributed by atoms with Crippen LogP contribution in [0.15, 0.2) is 21.1 Å². The highest BCUT2D eigenvalue weighted by molar-refractivity contribution is 9.11. The van der Waals surface area contributed by atoms with Crippen molar-refractivity contribution in [2.45, 2.75) is 6.54 Å². The topological polar surface area (TPSA) is 29.9 Å². The summed E-state index contributed by atoms with van der Waals surface area (Å²) in [6.45, 7) is 1.80. The van der Waals surface area contributed by atoms with Gasteiger partial charge in [-0.1, -0.05) is 15.9 Å². The number of fused-ring (bicyclic) bond motifs is 3. The number of halogens is 2. The first-order chi connectivity index (χ1) is 7.66. The fraction of sp³-hybridized carbons (Fsp3) is 0.200. The molecule has 0 saturated heterocycles. The molecule has 0 amide bonds. The van der Waals surface area contributed by atoms with E-state index in [1.165, 1.54) is 0 Å². The van der Waals surface area contributed by atoms with Crippen LogP contribution >= 0.6 is 44.1 Å². The number of nitrogens with zero attached hydrogens (tertiary/aromatic N) is 2. The molecular weight excluding hydrogens is 354 g/mol. The van der Waals surface area contributed by atoms with Crippen molar-refractivity contribution in [1.82, 2.24) is 9.55 Å². The van der Waals surface area contributed by atoms with E-state index in [1.54, 1.807) is 0 Å². The molecule has 3 rings (SSSR count). The molecule has 0 bridgehead atoms. The summed E-state index contributed by atoms with van der Waals surface area (Å²) in [5, 5.41) is 4.44. The van der Waals surface area contributed by atoms with E-state index in [-0.39, 0.29) is 0 Å². The van der Waals surface area contributed by atoms with Gasteiger partial charge in [0.15, 0.2) is 0 Å². The molecule has 0 spiro atoms. The zero-order valence-corrected chi connectivity index (χ0v) is 12.1. The van der Waals surface area contributed by atoms with Gasteiger partial charge in [-0.15, -0.1) is 0 Å². The average Bonchev–Trinajstić information content (AvgIpc) is 2.69. The lowest BCUT2D eigenvalue weighted by Crippen LogP contribution is -1.99. The van der Waals surface area contributed by atoms with E-state index in [0.29, 0.717) is 4.77 Å². The third-order valence-electron chi connectivity index (χ3n) is 2.62. The highest BCUT2D eigenvalue weighted by atomic mass is 79.9. The standard InChI is InChI=1S/C10H7Br2N3S/c11-5-3-6-8(7(12)4-5)14-10(16)15-2-1-13-9(6)15/h3-4,13H,1-2H2. The molecule has 2 heterocycles. The third kappa shape index (κ3) is 1.51. The Morgan fingerprint density at radius 1 is 1.38 bits per heavy atom. The molecule has 1 aromatic heterocycles. The Morgan fingerprint density at radius 3 is 3.00 bits per heavy atom. The minimum atomic E-state index is 0.635. The second-order valence-electron chi connectivity index (χ2n) is 3.61. The van der Waals surface area contributed by atoms with Crippen LogP contribution in [0.1, 0.15) is 0 Å². The van der Waals surface area contributed by atoms with Crippen LogP contribution in [0.3, 0.4) is 0 Å². The first-order valence-electron chi connectivity index (χ1n) is 4.80. The summed E-state index contributed by atoms with van der Waals surface area (Å²) < 4.78 is 4.66. The quantitative estimate of drug-likeness (QED) is 0.726. The van der Waals surface area contributed by atoms with Crippen LogP contribution < -0.4 is 5.32 Å². The monoisotopic (exact) mass is 359 g/mol. The fourth-order valence-electron chi connectivity index (χ4n) is 1.94. The molecule has 16 heavy (non-hydrogen) atoms. The minimum absolute atomic E-state index is 0.635. The van der Waals surface area contributed by atoms with Gasteiger partial charge in [-0.05, 0) is 40.3 Å². The van der Waals surface area contributed by atoms with Gasteiger partial charge >= 0.3 is 0 Å². The first-order valence-corrected chi connectivity index (χ1v) is 6.80. The second kappa shape index (κ2) is 3.78. The van der Waals surface area contributed by atoms with Crippen LogP contribution in [0.2, 0.25) is 0 Å². The predicted octanol–water partition coefficient (Wildman–Crippen LogP) is 3.72. The molecule has 1 aliphatic rings. The van der Waals surface area contributed by atoms with Crippen molar-refractivity contribution < 1.29 is 0 Å². The molecule has 0 atom stereocenters. The van der Waals surface area contributed by atoms with Gasteiger partial charge in [0.2, 0.25) is 4.77 Å². The molecular formula is C10H7Br2N3S. The van der Waals surface area contributed by atoms with Gasteiger partial charge in [0.1, 0.15) is 5.82 Å². The van der Waals surface area contributed by atoms with Gasteiger partial charge in [0, 0.05) is 27.4 Å². The van der Waals surface area contributed by atoms with E-state index in [2.05, 4.69) is 48.2 Å². The Bertz CT molecular complexity index is 651. The smallest absolute Gasteiger partial charge is 0.201 e. The molecule has 3 nitrogen and oxygen atoms in total. The van der Waals surface area contributed by atoms with E-state index >= 15 is 0 Å². The second-order valence-corrected chi connectivity index (χ2v) is 5.74. The predicted molar refractivity (Wildman–Crippen MR) is 74.5 cm³/mol. The van der Waals surface area contributed by atoms with E-state index < -0.39 is 0 Å². The fourth-order valence-corrected chi connectivity index (χ4v) is 3.53.